The third-order valence-electron chi connectivity index (χ3n) is 5.22. The van der Waals surface area contributed by atoms with Crippen molar-refractivity contribution in [3.05, 3.63) is 29.8 Å². The average molecular weight is 361 g/mol. The lowest BCUT2D eigenvalue weighted by Crippen LogP contribution is -2.40. The van der Waals surface area contributed by atoms with Crippen molar-refractivity contribution < 1.29 is 4.74 Å². The predicted molar refractivity (Wildman–Crippen MR) is 110 cm³/mol. The fourth-order valence-corrected chi connectivity index (χ4v) is 3.57. The van der Waals surface area contributed by atoms with E-state index >= 15 is 0 Å². The van der Waals surface area contributed by atoms with Crippen molar-refractivity contribution in [2.24, 2.45) is 10.9 Å². The van der Waals surface area contributed by atoms with E-state index in [9.17, 15) is 0 Å². The molecule has 0 aliphatic carbocycles. The summed E-state index contributed by atoms with van der Waals surface area (Å²) in [6.07, 6.45) is 3.89. The molecule has 0 amide bonds. The van der Waals surface area contributed by atoms with Gasteiger partial charge in [0.15, 0.2) is 5.96 Å². The van der Waals surface area contributed by atoms with E-state index in [1.54, 1.807) is 0 Å². The molecule has 1 saturated heterocycles. The molecule has 5 nitrogen and oxygen atoms in total. The molecule has 0 radical (unpaired) electrons. The third kappa shape index (κ3) is 6.52. The Hall–Kier alpha value is -1.75. The highest BCUT2D eigenvalue weighted by atomic mass is 16.5. The summed E-state index contributed by atoms with van der Waals surface area (Å²) in [4.78, 5) is 9.16. The molecule has 0 atom stereocenters. The maximum atomic E-state index is 5.51. The molecule has 0 spiro atoms. The first-order chi connectivity index (χ1) is 12.7. The van der Waals surface area contributed by atoms with Crippen molar-refractivity contribution in [3.63, 3.8) is 0 Å². The van der Waals surface area contributed by atoms with Gasteiger partial charge in [-0.25, -0.2) is 0 Å². The zero-order chi connectivity index (χ0) is 18.8. The van der Waals surface area contributed by atoms with Gasteiger partial charge in [-0.15, -0.1) is 0 Å². The molecule has 1 N–H and O–H groups in total. The average Bonchev–Trinajstić information content (AvgIpc) is 2.67. The molecule has 0 bridgehead atoms. The lowest BCUT2D eigenvalue weighted by molar-refractivity contribution is 0.187. The summed E-state index contributed by atoms with van der Waals surface area (Å²) in [5.74, 6) is 2.74. The highest BCUT2D eigenvalue weighted by Crippen LogP contribution is 2.19. The Kier molecular flexibility index (Phi) is 8.75. The molecule has 1 aliphatic rings. The molecule has 1 fully saturated rings. The van der Waals surface area contributed by atoms with Gasteiger partial charge in [0.2, 0.25) is 0 Å². The number of likely N-dealkylation sites (tertiary alicyclic amines) is 1. The van der Waals surface area contributed by atoms with Crippen molar-refractivity contribution in [2.45, 2.75) is 39.7 Å². The molecule has 0 unspecified atom stereocenters. The first kappa shape index (κ1) is 20.6. The van der Waals surface area contributed by atoms with Gasteiger partial charge in [-0.1, -0.05) is 19.1 Å². The smallest absolute Gasteiger partial charge is 0.193 e. The standard InChI is InChI=1S/C21H36N4O/c1-5-25-15-12-18(13-16-25)11-14-23-21(22-3)24(4)17-19-7-9-20(10-8-19)26-6-2/h7-10,18H,5-6,11-17H2,1-4H3,(H,22,23). The van der Waals surface area contributed by atoms with E-state index in [1.807, 2.05) is 26.1 Å². The second-order valence-corrected chi connectivity index (χ2v) is 7.07. The van der Waals surface area contributed by atoms with Crippen LogP contribution < -0.4 is 10.1 Å². The minimum absolute atomic E-state index is 0.702. The van der Waals surface area contributed by atoms with Crippen molar-refractivity contribution in [1.29, 1.82) is 0 Å². The van der Waals surface area contributed by atoms with Crippen LogP contribution in [-0.4, -0.2) is 62.6 Å². The number of benzene rings is 1. The van der Waals surface area contributed by atoms with Crippen LogP contribution in [0.4, 0.5) is 0 Å². The van der Waals surface area contributed by atoms with Crippen molar-refractivity contribution in [2.75, 3.05) is 46.9 Å². The second-order valence-electron chi connectivity index (χ2n) is 7.07. The summed E-state index contributed by atoms with van der Waals surface area (Å²) in [5.41, 5.74) is 1.26. The third-order valence-corrected chi connectivity index (χ3v) is 5.22. The summed E-state index contributed by atoms with van der Waals surface area (Å²) in [5, 5.41) is 3.53. The van der Waals surface area contributed by atoms with Gasteiger partial charge in [-0.3, -0.25) is 4.99 Å². The van der Waals surface area contributed by atoms with Crippen LogP contribution in [0.1, 0.15) is 38.7 Å². The monoisotopic (exact) mass is 360 g/mol. The Morgan fingerprint density at radius 3 is 2.50 bits per heavy atom. The maximum absolute atomic E-state index is 5.51. The van der Waals surface area contributed by atoms with Gasteiger partial charge in [-0.2, -0.15) is 0 Å². The molecule has 0 saturated carbocycles. The molecular formula is C21H36N4O. The molecule has 1 aliphatic heterocycles. The van der Waals surface area contributed by atoms with Gasteiger partial charge < -0.3 is 19.9 Å². The number of rotatable bonds is 8. The van der Waals surface area contributed by atoms with Crippen LogP contribution in [0.2, 0.25) is 0 Å². The van der Waals surface area contributed by atoms with Gasteiger partial charge in [0.25, 0.3) is 0 Å². The van der Waals surface area contributed by atoms with Gasteiger partial charge >= 0.3 is 0 Å². The molecule has 0 aromatic heterocycles. The number of hydrogen-bond donors (Lipinski definition) is 1. The van der Waals surface area contributed by atoms with Crippen LogP contribution in [0.5, 0.6) is 5.75 Å². The molecule has 5 heteroatoms. The highest BCUT2D eigenvalue weighted by Gasteiger charge is 2.17. The normalized spacial score (nSPS) is 16.5. The Balaban J connectivity index is 1.73. The Morgan fingerprint density at radius 1 is 1.23 bits per heavy atom. The van der Waals surface area contributed by atoms with E-state index < -0.39 is 0 Å². The van der Waals surface area contributed by atoms with E-state index in [4.69, 9.17) is 4.74 Å². The zero-order valence-corrected chi connectivity index (χ0v) is 17.0. The number of guanidine groups is 1. The Bertz CT molecular complexity index is 535. The molecule has 1 aromatic carbocycles. The predicted octanol–water partition coefficient (Wildman–Crippen LogP) is 3.21. The van der Waals surface area contributed by atoms with Gasteiger partial charge in [0.1, 0.15) is 5.75 Å². The van der Waals surface area contributed by atoms with E-state index in [0.717, 1.165) is 30.7 Å². The van der Waals surface area contributed by atoms with Crippen LogP contribution in [-0.2, 0) is 6.54 Å². The van der Waals surface area contributed by atoms with Gasteiger partial charge in [0.05, 0.1) is 6.61 Å². The van der Waals surface area contributed by atoms with Crippen LogP contribution in [0.25, 0.3) is 0 Å². The second kappa shape index (κ2) is 11.1. The SMILES string of the molecule is CCOc1ccc(CN(C)C(=NC)NCCC2CCN(CC)CC2)cc1. The van der Waals surface area contributed by atoms with E-state index in [0.29, 0.717) is 6.61 Å². The first-order valence-corrected chi connectivity index (χ1v) is 10.0. The fourth-order valence-electron chi connectivity index (χ4n) is 3.57. The number of ether oxygens (including phenoxy) is 1. The summed E-state index contributed by atoms with van der Waals surface area (Å²) in [6.45, 7) is 10.5. The molecule has 146 valence electrons. The number of hydrogen-bond acceptors (Lipinski definition) is 3. The van der Waals surface area contributed by atoms with Crippen LogP contribution >= 0.6 is 0 Å². The van der Waals surface area contributed by atoms with Gasteiger partial charge in [-0.05, 0) is 69.4 Å². The topological polar surface area (TPSA) is 40.1 Å². The highest BCUT2D eigenvalue weighted by molar-refractivity contribution is 5.79. The fraction of sp³-hybridized carbons (Fsp3) is 0.667. The van der Waals surface area contributed by atoms with Crippen LogP contribution in [0, 0.1) is 5.92 Å². The van der Waals surface area contributed by atoms with Crippen molar-refractivity contribution in [1.82, 2.24) is 15.1 Å². The van der Waals surface area contributed by atoms with Crippen LogP contribution in [0.3, 0.4) is 0 Å². The maximum Gasteiger partial charge on any atom is 0.193 e. The Labute approximate surface area is 159 Å². The van der Waals surface area contributed by atoms with Crippen molar-refractivity contribution >= 4 is 5.96 Å². The first-order valence-electron chi connectivity index (χ1n) is 10.0. The zero-order valence-electron chi connectivity index (χ0n) is 17.0. The quantitative estimate of drug-likeness (QED) is 0.571. The largest absolute Gasteiger partial charge is 0.494 e. The summed E-state index contributed by atoms with van der Waals surface area (Å²) in [6, 6.07) is 8.31. The number of nitrogens with zero attached hydrogens (tertiary/aromatic N) is 3. The minimum Gasteiger partial charge on any atom is -0.494 e. The van der Waals surface area contributed by atoms with E-state index in [2.05, 4.69) is 46.2 Å². The molecule has 1 aromatic rings. The lowest BCUT2D eigenvalue weighted by atomic mass is 9.93. The molecule has 2 rings (SSSR count). The number of piperidine rings is 1. The van der Waals surface area contributed by atoms with E-state index in [1.165, 1.54) is 44.5 Å². The molecule has 26 heavy (non-hydrogen) atoms. The van der Waals surface area contributed by atoms with Crippen molar-refractivity contribution in [3.8, 4) is 5.75 Å². The minimum atomic E-state index is 0.702. The molecule has 1 heterocycles. The summed E-state index contributed by atoms with van der Waals surface area (Å²) in [7, 11) is 3.95. The number of nitrogens with one attached hydrogen (secondary N) is 1. The summed E-state index contributed by atoms with van der Waals surface area (Å²) >= 11 is 0. The number of aliphatic imine (C=N–C) groups is 1. The molecular weight excluding hydrogens is 324 g/mol. The van der Waals surface area contributed by atoms with E-state index in [-0.39, 0.29) is 0 Å². The lowest BCUT2D eigenvalue weighted by Gasteiger charge is -2.31. The summed E-state index contributed by atoms with van der Waals surface area (Å²) < 4.78 is 5.51. The Morgan fingerprint density at radius 2 is 1.92 bits per heavy atom. The van der Waals surface area contributed by atoms with Gasteiger partial charge in [0, 0.05) is 27.2 Å². The van der Waals surface area contributed by atoms with Crippen LogP contribution in [0.15, 0.2) is 29.3 Å².